The Bertz CT molecular complexity index is 570. The molecule has 4 nitrogen and oxygen atoms in total. The smallest absolute Gasteiger partial charge is 0.220 e. The lowest BCUT2D eigenvalue weighted by molar-refractivity contribution is -0.123. The van der Waals surface area contributed by atoms with Gasteiger partial charge in [-0.1, -0.05) is 134 Å². The molecule has 0 bridgehead atoms. The number of aliphatic hydroxyl groups is 2. The number of aliphatic hydroxyl groups excluding tert-OH is 2. The molecule has 3 N–H and O–H groups in total. The summed E-state index contributed by atoms with van der Waals surface area (Å²) in [4.78, 5) is 12.2. The number of rotatable bonds is 27. The van der Waals surface area contributed by atoms with Crippen molar-refractivity contribution in [3.05, 3.63) is 36.5 Å². The average molecular weight is 520 g/mol. The van der Waals surface area contributed by atoms with Gasteiger partial charge in [0.1, 0.15) is 0 Å². The van der Waals surface area contributed by atoms with E-state index >= 15 is 0 Å². The van der Waals surface area contributed by atoms with Crippen molar-refractivity contribution in [2.24, 2.45) is 0 Å². The van der Waals surface area contributed by atoms with Crippen LogP contribution in [0.15, 0.2) is 36.5 Å². The predicted octanol–water partition coefficient (Wildman–Crippen LogP) is 8.72. The molecule has 216 valence electrons. The molecule has 0 aromatic carbocycles. The van der Waals surface area contributed by atoms with Gasteiger partial charge in [-0.25, -0.2) is 0 Å². The fraction of sp³-hybridized carbons (Fsp3) is 0.788. The molecule has 0 rings (SSSR count). The lowest BCUT2D eigenvalue weighted by atomic mass is 10.0. The summed E-state index contributed by atoms with van der Waals surface area (Å²) in [6, 6.07) is -0.638. The van der Waals surface area contributed by atoms with Crippen molar-refractivity contribution in [1.82, 2.24) is 5.32 Å². The molecule has 0 fully saturated rings. The molecule has 37 heavy (non-hydrogen) atoms. The first-order valence-electron chi connectivity index (χ1n) is 15.7. The molecule has 0 aromatic heterocycles. The van der Waals surface area contributed by atoms with Gasteiger partial charge in [0.05, 0.1) is 18.8 Å². The summed E-state index contributed by atoms with van der Waals surface area (Å²) >= 11 is 0. The van der Waals surface area contributed by atoms with E-state index in [0.29, 0.717) is 6.42 Å². The van der Waals surface area contributed by atoms with Gasteiger partial charge in [-0.15, -0.1) is 0 Å². The highest BCUT2D eigenvalue weighted by atomic mass is 16.3. The minimum Gasteiger partial charge on any atom is -0.394 e. The fourth-order valence-corrected chi connectivity index (χ4v) is 4.38. The topological polar surface area (TPSA) is 69.6 Å². The number of nitrogens with one attached hydrogen (secondary N) is 1. The molecular formula is C33H61NO3. The normalized spacial score (nSPS) is 13.7. The molecule has 0 aliphatic carbocycles. The highest BCUT2D eigenvalue weighted by molar-refractivity contribution is 5.76. The maximum atomic E-state index is 12.2. The fourth-order valence-electron chi connectivity index (χ4n) is 4.38. The molecule has 0 aromatic rings. The summed E-state index contributed by atoms with van der Waals surface area (Å²) in [5.74, 6) is -0.0825. The van der Waals surface area contributed by atoms with E-state index < -0.39 is 12.1 Å². The van der Waals surface area contributed by atoms with Gasteiger partial charge in [0, 0.05) is 6.42 Å². The zero-order chi connectivity index (χ0) is 27.2. The Balaban J connectivity index is 3.76. The van der Waals surface area contributed by atoms with Crippen molar-refractivity contribution in [2.45, 2.75) is 161 Å². The van der Waals surface area contributed by atoms with E-state index in [1.807, 2.05) is 6.08 Å². The summed E-state index contributed by atoms with van der Waals surface area (Å²) in [6.45, 7) is 4.23. The van der Waals surface area contributed by atoms with Gasteiger partial charge in [-0.2, -0.15) is 0 Å². The van der Waals surface area contributed by atoms with Crippen LogP contribution in [0.3, 0.4) is 0 Å². The SMILES string of the molecule is CCCCC/C=C/CC/C=C/CC/C=C/C(O)C(CO)NC(=O)CCCCCCCCCCCCCC. The van der Waals surface area contributed by atoms with Crippen LogP contribution in [0.25, 0.3) is 0 Å². The second-order valence-corrected chi connectivity index (χ2v) is 10.5. The third kappa shape index (κ3) is 26.0. The van der Waals surface area contributed by atoms with Gasteiger partial charge >= 0.3 is 0 Å². The summed E-state index contributed by atoms with van der Waals surface area (Å²) in [5.41, 5.74) is 0. The molecule has 0 saturated carbocycles. The summed E-state index contributed by atoms with van der Waals surface area (Å²) in [5, 5.41) is 22.7. The van der Waals surface area contributed by atoms with Crippen LogP contribution >= 0.6 is 0 Å². The number of amides is 1. The highest BCUT2D eigenvalue weighted by Gasteiger charge is 2.17. The molecule has 0 saturated heterocycles. The Kier molecular flexibility index (Phi) is 28.1. The first-order chi connectivity index (χ1) is 18.2. The van der Waals surface area contributed by atoms with Crippen LogP contribution in [0.2, 0.25) is 0 Å². The van der Waals surface area contributed by atoms with Crippen molar-refractivity contribution in [2.75, 3.05) is 6.61 Å². The standard InChI is InChI=1S/C33H61NO3/c1-3-5-7-9-11-13-15-17-18-20-22-24-26-28-32(36)31(30-35)34-33(37)29-27-25-23-21-19-16-14-12-10-8-6-4-2/h11,13,18,20,26,28,31-32,35-36H,3-10,12,14-17,19,21-25,27,29-30H2,1-2H3,(H,34,37)/b13-11+,20-18+,28-26+. The van der Waals surface area contributed by atoms with Crippen LogP contribution in [-0.4, -0.2) is 34.9 Å². The number of hydrogen-bond acceptors (Lipinski definition) is 3. The average Bonchev–Trinajstić information content (AvgIpc) is 2.90. The first kappa shape index (κ1) is 35.6. The Morgan fingerprint density at radius 3 is 1.57 bits per heavy atom. The van der Waals surface area contributed by atoms with Crippen molar-refractivity contribution in [3.63, 3.8) is 0 Å². The van der Waals surface area contributed by atoms with Gasteiger partial charge in [0.2, 0.25) is 5.91 Å². The summed E-state index contributed by atoms with van der Waals surface area (Å²) < 4.78 is 0. The van der Waals surface area contributed by atoms with E-state index in [2.05, 4.69) is 43.5 Å². The minimum atomic E-state index is -0.863. The van der Waals surface area contributed by atoms with Gasteiger partial charge < -0.3 is 15.5 Å². The molecule has 1 amide bonds. The van der Waals surface area contributed by atoms with E-state index in [1.54, 1.807) is 6.08 Å². The predicted molar refractivity (Wildman–Crippen MR) is 161 cm³/mol. The van der Waals surface area contributed by atoms with Crippen molar-refractivity contribution < 1.29 is 15.0 Å². The van der Waals surface area contributed by atoms with Gasteiger partial charge in [-0.3, -0.25) is 4.79 Å². The van der Waals surface area contributed by atoms with Crippen molar-refractivity contribution >= 4 is 5.91 Å². The maximum absolute atomic E-state index is 12.2. The minimum absolute atomic E-state index is 0.0825. The third-order valence-corrected chi connectivity index (χ3v) is 6.85. The number of hydrogen-bond donors (Lipinski definition) is 3. The quantitative estimate of drug-likeness (QED) is 0.0750. The Labute approximate surface area is 230 Å². The van der Waals surface area contributed by atoms with Gasteiger partial charge in [0.25, 0.3) is 0 Å². The second-order valence-electron chi connectivity index (χ2n) is 10.5. The van der Waals surface area contributed by atoms with Crippen LogP contribution in [0.4, 0.5) is 0 Å². The van der Waals surface area contributed by atoms with E-state index in [1.165, 1.54) is 89.9 Å². The molecule has 0 radical (unpaired) electrons. The Hall–Kier alpha value is -1.39. The van der Waals surface area contributed by atoms with Crippen molar-refractivity contribution in [1.29, 1.82) is 0 Å². The third-order valence-electron chi connectivity index (χ3n) is 6.85. The van der Waals surface area contributed by atoms with Crippen LogP contribution in [0.5, 0.6) is 0 Å². The lowest BCUT2D eigenvalue weighted by Crippen LogP contribution is -2.45. The first-order valence-corrected chi connectivity index (χ1v) is 15.7. The second kappa shape index (κ2) is 29.2. The van der Waals surface area contributed by atoms with Crippen LogP contribution in [0.1, 0.15) is 149 Å². The molecular weight excluding hydrogens is 458 g/mol. The summed E-state index contributed by atoms with van der Waals surface area (Å²) in [7, 11) is 0. The van der Waals surface area contributed by atoms with E-state index in [4.69, 9.17) is 0 Å². The molecule has 2 unspecified atom stereocenters. The van der Waals surface area contributed by atoms with Crippen molar-refractivity contribution in [3.8, 4) is 0 Å². The van der Waals surface area contributed by atoms with E-state index in [-0.39, 0.29) is 12.5 Å². The van der Waals surface area contributed by atoms with Gasteiger partial charge in [-0.05, 0) is 44.9 Å². The van der Waals surface area contributed by atoms with Crippen LogP contribution in [-0.2, 0) is 4.79 Å². The number of carbonyl (C=O) groups is 1. The Morgan fingerprint density at radius 1 is 0.622 bits per heavy atom. The maximum Gasteiger partial charge on any atom is 0.220 e. The molecule has 0 aliphatic rings. The van der Waals surface area contributed by atoms with Crippen LogP contribution in [0, 0.1) is 0 Å². The lowest BCUT2D eigenvalue weighted by Gasteiger charge is -2.19. The zero-order valence-electron chi connectivity index (χ0n) is 24.5. The van der Waals surface area contributed by atoms with Gasteiger partial charge in [0.15, 0.2) is 0 Å². The molecule has 0 heterocycles. The van der Waals surface area contributed by atoms with Crippen LogP contribution < -0.4 is 5.32 Å². The molecule has 4 heteroatoms. The molecule has 2 atom stereocenters. The zero-order valence-corrected chi connectivity index (χ0v) is 24.5. The molecule has 0 spiro atoms. The number of unbranched alkanes of at least 4 members (excludes halogenated alkanes) is 16. The monoisotopic (exact) mass is 519 g/mol. The molecule has 0 aliphatic heterocycles. The van der Waals surface area contributed by atoms with E-state index in [9.17, 15) is 15.0 Å². The number of allylic oxidation sites excluding steroid dienone is 5. The largest absolute Gasteiger partial charge is 0.394 e. The van der Waals surface area contributed by atoms with E-state index in [0.717, 1.165) is 38.5 Å². The Morgan fingerprint density at radius 2 is 1.05 bits per heavy atom. The highest BCUT2D eigenvalue weighted by Crippen LogP contribution is 2.12. The summed E-state index contributed by atoms with van der Waals surface area (Å²) in [6.07, 6.45) is 36.4. The number of carbonyl (C=O) groups excluding carboxylic acids is 1.